The fourth-order valence-corrected chi connectivity index (χ4v) is 6.17. The lowest BCUT2D eigenvalue weighted by Crippen LogP contribution is -2.55. The van der Waals surface area contributed by atoms with Crippen LogP contribution in [0.5, 0.6) is 0 Å². The second-order valence-electron chi connectivity index (χ2n) is 7.99. The van der Waals surface area contributed by atoms with Gasteiger partial charge in [-0.3, -0.25) is 4.57 Å². The standard InChI is InChI=1S/C18H24FO7P/c1-17(2)22-9-12(23-17)13-14-15(25-18(3,4)24-14)16(20)27(21,26-13)11-7-5-10(19)6-8-11/h5-8,12-16,20H,9H2,1-4H3/t12-,13-,14+,15+,16-,27+/m1/s1. The maximum Gasteiger partial charge on any atom is 0.262 e. The largest absolute Gasteiger partial charge is 0.380 e. The molecule has 3 fully saturated rings. The zero-order valence-electron chi connectivity index (χ0n) is 15.6. The van der Waals surface area contributed by atoms with Crippen LogP contribution in [0.1, 0.15) is 27.7 Å². The van der Waals surface area contributed by atoms with E-state index in [0.717, 1.165) is 0 Å². The average molecular weight is 402 g/mol. The maximum absolute atomic E-state index is 13.7. The lowest BCUT2D eigenvalue weighted by Gasteiger charge is -2.41. The van der Waals surface area contributed by atoms with E-state index in [1.165, 1.54) is 24.3 Å². The molecule has 0 spiro atoms. The molecule has 1 N–H and O–H groups in total. The molecule has 27 heavy (non-hydrogen) atoms. The van der Waals surface area contributed by atoms with E-state index in [-0.39, 0.29) is 11.9 Å². The SMILES string of the molecule is CC1(C)O[C@H]2[C@@H]([C@H]3COC(C)(C)O3)O[P@@](=O)(c3ccc(F)cc3)[C@@H](O)[C@H]2O1. The van der Waals surface area contributed by atoms with E-state index in [2.05, 4.69) is 0 Å². The first kappa shape index (κ1) is 19.5. The molecule has 9 heteroatoms. The van der Waals surface area contributed by atoms with Crippen LogP contribution in [-0.2, 0) is 28.0 Å². The number of rotatable bonds is 2. The van der Waals surface area contributed by atoms with E-state index in [9.17, 15) is 14.1 Å². The number of hydrogen-bond donors (Lipinski definition) is 1. The van der Waals surface area contributed by atoms with Gasteiger partial charge >= 0.3 is 0 Å². The molecule has 0 amide bonds. The van der Waals surface area contributed by atoms with E-state index in [1.807, 2.05) is 0 Å². The van der Waals surface area contributed by atoms with Crippen LogP contribution in [0.25, 0.3) is 0 Å². The normalized spacial score (nSPS) is 42.8. The van der Waals surface area contributed by atoms with E-state index in [1.54, 1.807) is 27.7 Å². The van der Waals surface area contributed by atoms with Crippen molar-refractivity contribution < 1.29 is 37.5 Å². The minimum absolute atomic E-state index is 0.214. The molecule has 7 nitrogen and oxygen atoms in total. The van der Waals surface area contributed by atoms with Gasteiger partial charge in [-0.25, -0.2) is 4.39 Å². The summed E-state index contributed by atoms with van der Waals surface area (Å²) in [6.07, 6.45) is -2.88. The van der Waals surface area contributed by atoms with Crippen LogP contribution in [0.2, 0.25) is 0 Å². The van der Waals surface area contributed by atoms with Crippen molar-refractivity contribution in [3.05, 3.63) is 30.1 Å². The topological polar surface area (TPSA) is 83.5 Å². The second-order valence-corrected chi connectivity index (χ2v) is 10.4. The average Bonchev–Trinajstić information content (AvgIpc) is 3.10. The first-order chi connectivity index (χ1) is 12.5. The summed E-state index contributed by atoms with van der Waals surface area (Å²) in [6.45, 7) is 7.21. The van der Waals surface area contributed by atoms with Crippen LogP contribution >= 0.6 is 7.37 Å². The number of hydrogen-bond acceptors (Lipinski definition) is 7. The first-order valence-electron chi connectivity index (χ1n) is 8.91. The van der Waals surface area contributed by atoms with Gasteiger partial charge in [-0.1, -0.05) is 0 Å². The van der Waals surface area contributed by atoms with Crippen LogP contribution < -0.4 is 5.30 Å². The Labute approximate surface area is 157 Å². The van der Waals surface area contributed by atoms with Crippen LogP contribution in [0, 0.1) is 5.82 Å². The van der Waals surface area contributed by atoms with E-state index in [0.29, 0.717) is 0 Å². The summed E-state index contributed by atoms with van der Waals surface area (Å²) in [4.78, 5) is 0. The summed E-state index contributed by atoms with van der Waals surface area (Å²) in [5.41, 5.74) is 0. The molecule has 0 aromatic heterocycles. The molecule has 0 aliphatic carbocycles. The minimum atomic E-state index is -3.81. The van der Waals surface area contributed by atoms with Crippen molar-refractivity contribution >= 4 is 12.7 Å². The highest BCUT2D eigenvalue weighted by molar-refractivity contribution is 7.67. The van der Waals surface area contributed by atoms with Gasteiger partial charge in [-0.2, -0.15) is 0 Å². The smallest absolute Gasteiger partial charge is 0.262 e. The Balaban J connectivity index is 1.72. The van der Waals surface area contributed by atoms with Gasteiger partial charge in [-0.15, -0.1) is 0 Å². The predicted octanol–water partition coefficient (Wildman–Crippen LogP) is 2.12. The number of aliphatic hydroxyl groups is 1. The fourth-order valence-electron chi connectivity index (χ4n) is 3.82. The zero-order chi connectivity index (χ0) is 19.6. The Morgan fingerprint density at radius 1 is 1.00 bits per heavy atom. The van der Waals surface area contributed by atoms with Gasteiger partial charge in [-0.05, 0) is 52.0 Å². The minimum Gasteiger partial charge on any atom is -0.380 e. The fraction of sp³-hybridized carbons (Fsp3) is 0.667. The zero-order valence-corrected chi connectivity index (χ0v) is 16.5. The van der Waals surface area contributed by atoms with Crippen LogP contribution in [0.4, 0.5) is 4.39 Å². The van der Waals surface area contributed by atoms with Crippen LogP contribution in [0.3, 0.4) is 0 Å². The quantitative estimate of drug-likeness (QED) is 0.759. The Kier molecular flexibility index (Phi) is 4.56. The van der Waals surface area contributed by atoms with Crippen molar-refractivity contribution in [2.45, 2.75) is 69.5 Å². The summed E-state index contributed by atoms with van der Waals surface area (Å²) >= 11 is 0. The van der Waals surface area contributed by atoms with Crippen molar-refractivity contribution in [2.24, 2.45) is 0 Å². The highest BCUT2D eigenvalue weighted by Crippen LogP contribution is 2.60. The third-order valence-corrected chi connectivity index (χ3v) is 7.56. The number of aliphatic hydroxyl groups excluding tert-OH is 1. The Morgan fingerprint density at radius 3 is 2.22 bits per heavy atom. The van der Waals surface area contributed by atoms with Crippen LogP contribution in [0.15, 0.2) is 24.3 Å². The Morgan fingerprint density at radius 2 is 1.63 bits per heavy atom. The van der Waals surface area contributed by atoms with Crippen LogP contribution in [-0.4, -0.2) is 53.5 Å². The summed E-state index contributed by atoms with van der Waals surface area (Å²) < 4.78 is 56.3. The summed E-state index contributed by atoms with van der Waals surface area (Å²) in [5.74, 6) is -3.71. The molecule has 3 heterocycles. The predicted molar refractivity (Wildman–Crippen MR) is 93.2 cm³/mol. The van der Waals surface area contributed by atoms with E-state index < -0.39 is 55.0 Å². The van der Waals surface area contributed by atoms with Gasteiger partial charge in [0.05, 0.1) is 6.61 Å². The van der Waals surface area contributed by atoms with Gasteiger partial charge in [0.2, 0.25) is 0 Å². The lowest BCUT2D eigenvalue weighted by molar-refractivity contribution is -0.174. The van der Waals surface area contributed by atoms with Gasteiger partial charge in [0.15, 0.2) is 17.4 Å². The lowest BCUT2D eigenvalue weighted by atomic mass is 10.0. The Hall–Kier alpha value is -0.860. The van der Waals surface area contributed by atoms with Gasteiger partial charge < -0.3 is 28.6 Å². The molecule has 3 aliphatic rings. The molecule has 3 saturated heterocycles. The van der Waals surface area contributed by atoms with Crippen molar-refractivity contribution in [1.29, 1.82) is 0 Å². The third-order valence-electron chi connectivity index (χ3n) is 4.99. The molecule has 1 aromatic rings. The number of benzene rings is 1. The van der Waals surface area contributed by atoms with E-state index in [4.69, 9.17) is 23.5 Å². The molecule has 0 unspecified atom stereocenters. The first-order valence-corrected chi connectivity index (χ1v) is 10.6. The summed E-state index contributed by atoms with van der Waals surface area (Å²) in [7, 11) is -3.81. The Bertz CT molecular complexity index is 765. The molecule has 150 valence electrons. The van der Waals surface area contributed by atoms with Gasteiger partial charge in [0.1, 0.15) is 30.2 Å². The van der Waals surface area contributed by atoms with E-state index >= 15 is 0 Å². The molecule has 0 radical (unpaired) electrons. The number of ether oxygens (including phenoxy) is 4. The number of fused-ring (bicyclic) bond motifs is 1. The summed E-state index contributed by atoms with van der Waals surface area (Å²) in [5, 5.41) is 11.1. The molecular weight excluding hydrogens is 378 g/mol. The monoisotopic (exact) mass is 402 g/mol. The second kappa shape index (κ2) is 6.32. The van der Waals surface area contributed by atoms with Crippen molar-refractivity contribution in [1.82, 2.24) is 0 Å². The molecule has 6 atom stereocenters. The molecule has 0 bridgehead atoms. The summed E-state index contributed by atoms with van der Waals surface area (Å²) in [6, 6.07) is 5.07. The van der Waals surface area contributed by atoms with Crippen molar-refractivity contribution in [2.75, 3.05) is 6.61 Å². The van der Waals surface area contributed by atoms with Gasteiger partial charge in [0.25, 0.3) is 7.37 Å². The molecule has 0 saturated carbocycles. The highest BCUT2D eigenvalue weighted by atomic mass is 31.2. The molecule has 4 rings (SSSR count). The molecule has 1 aromatic carbocycles. The van der Waals surface area contributed by atoms with Gasteiger partial charge in [0, 0.05) is 5.30 Å². The highest BCUT2D eigenvalue weighted by Gasteiger charge is 2.62. The third kappa shape index (κ3) is 3.38. The molecule has 3 aliphatic heterocycles. The molecular formula is C18H24FO7P. The maximum atomic E-state index is 13.7. The van der Waals surface area contributed by atoms with Crippen molar-refractivity contribution in [3.63, 3.8) is 0 Å². The number of halogens is 1. The van der Waals surface area contributed by atoms with Crippen molar-refractivity contribution in [3.8, 4) is 0 Å².